The number of hydrogen-bond donors (Lipinski definition) is 1. The van der Waals surface area contributed by atoms with E-state index in [4.69, 9.17) is 16.3 Å². The van der Waals surface area contributed by atoms with Crippen molar-refractivity contribution in [2.24, 2.45) is 0 Å². The minimum absolute atomic E-state index is 0.137. The first kappa shape index (κ1) is 24.6. The second-order valence-corrected chi connectivity index (χ2v) is 7.64. The Kier molecular flexibility index (Phi) is 18.1. The van der Waals surface area contributed by atoms with Gasteiger partial charge in [-0.25, -0.2) is 4.79 Å². The van der Waals surface area contributed by atoms with Crippen molar-refractivity contribution < 1.29 is 14.3 Å². The molecule has 0 aromatic rings. The van der Waals surface area contributed by atoms with E-state index in [0.717, 1.165) is 18.6 Å². The number of hydrogen-bond acceptors (Lipinski definition) is 4. The van der Waals surface area contributed by atoms with Gasteiger partial charge in [0.1, 0.15) is 11.9 Å². The number of alkyl halides is 1. The highest BCUT2D eigenvalue weighted by Gasteiger charge is 2.21. The molecule has 0 saturated heterocycles. The maximum atomic E-state index is 12.1. The van der Waals surface area contributed by atoms with E-state index in [1.807, 2.05) is 6.26 Å². The minimum Gasteiger partial charge on any atom is -0.464 e. The van der Waals surface area contributed by atoms with Crippen molar-refractivity contribution in [2.75, 3.05) is 24.5 Å². The van der Waals surface area contributed by atoms with E-state index in [0.29, 0.717) is 13.0 Å². The SMILES string of the molecule is CCCCCCCCCCCCOC(=O)[C@H](CCSC)NC(=O)CCl. The Balaban J connectivity index is 3.68. The standard InChI is InChI=1S/C19H36ClNO3S/c1-3-4-5-6-7-8-9-10-11-12-14-24-19(23)17(13-15-25-2)21-18(22)16-20/h17H,3-16H2,1-2H3,(H,21,22)/t17-/m0/s1. The predicted octanol–water partition coefficient (Wildman–Crippen LogP) is 4.93. The highest BCUT2D eigenvalue weighted by atomic mass is 35.5. The number of unbranched alkanes of at least 4 members (excludes halogenated alkanes) is 9. The van der Waals surface area contributed by atoms with E-state index in [9.17, 15) is 9.59 Å². The van der Waals surface area contributed by atoms with E-state index in [2.05, 4.69) is 12.2 Å². The fourth-order valence-electron chi connectivity index (χ4n) is 2.58. The molecule has 0 bridgehead atoms. The van der Waals surface area contributed by atoms with Gasteiger partial charge in [0, 0.05) is 0 Å². The van der Waals surface area contributed by atoms with Crippen molar-refractivity contribution in [2.45, 2.75) is 83.6 Å². The molecule has 0 rings (SSSR count). The molecule has 4 nitrogen and oxygen atoms in total. The van der Waals surface area contributed by atoms with Gasteiger partial charge in [-0.15, -0.1) is 11.6 Å². The molecule has 0 saturated carbocycles. The van der Waals surface area contributed by atoms with Crippen LogP contribution in [-0.2, 0) is 14.3 Å². The summed E-state index contributed by atoms with van der Waals surface area (Å²) in [7, 11) is 0. The molecular weight excluding hydrogens is 358 g/mol. The first-order valence-electron chi connectivity index (χ1n) is 9.66. The molecule has 0 aliphatic heterocycles. The van der Waals surface area contributed by atoms with Crippen molar-refractivity contribution in [3.05, 3.63) is 0 Å². The van der Waals surface area contributed by atoms with Crippen molar-refractivity contribution in [1.82, 2.24) is 5.32 Å². The van der Waals surface area contributed by atoms with E-state index in [1.54, 1.807) is 11.8 Å². The van der Waals surface area contributed by atoms with Gasteiger partial charge < -0.3 is 10.1 Å². The van der Waals surface area contributed by atoms with Crippen LogP contribution in [0.2, 0.25) is 0 Å². The Morgan fingerprint density at radius 3 is 2.08 bits per heavy atom. The molecule has 6 heteroatoms. The zero-order valence-corrected chi connectivity index (χ0v) is 17.6. The van der Waals surface area contributed by atoms with Crippen molar-refractivity contribution >= 4 is 35.2 Å². The van der Waals surface area contributed by atoms with Gasteiger partial charge in [-0.2, -0.15) is 11.8 Å². The molecule has 25 heavy (non-hydrogen) atoms. The molecule has 0 aliphatic carbocycles. The number of carbonyl (C=O) groups excluding carboxylic acids is 2. The average Bonchev–Trinajstić information content (AvgIpc) is 2.62. The number of rotatable bonds is 17. The summed E-state index contributed by atoms with van der Waals surface area (Å²) in [5.74, 6) is -0.0191. The number of carbonyl (C=O) groups is 2. The largest absolute Gasteiger partial charge is 0.464 e. The summed E-state index contributed by atoms with van der Waals surface area (Å²) in [6.45, 7) is 2.67. The van der Waals surface area contributed by atoms with Crippen LogP contribution < -0.4 is 5.32 Å². The van der Waals surface area contributed by atoms with Crippen LogP contribution in [0.25, 0.3) is 0 Å². The Labute approximate surface area is 163 Å². The van der Waals surface area contributed by atoms with Crippen molar-refractivity contribution in [3.63, 3.8) is 0 Å². The van der Waals surface area contributed by atoms with Gasteiger partial charge in [-0.3, -0.25) is 4.79 Å². The third kappa shape index (κ3) is 15.5. The Hall–Kier alpha value is -0.420. The highest BCUT2D eigenvalue weighted by molar-refractivity contribution is 7.98. The summed E-state index contributed by atoms with van der Waals surface area (Å²) in [4.78, 5) is 23.5. The average molecular weight is 394 g/mol. The normalized spacial score (nSPS) is 12.0. The molecule has 0 aromatic carbocycles. The summed E-state index contributed by atoms with van der Waals surface area (Å²) in [5.41, 5.74) is 0. The summed E-state index contributed by atoms with van der Waals surface area (Å²) in [5, 5.41) is 2.63. The molecule has 0 fully saturated rings. The van der Waals surface area contributed by atoms with Crippen LogP contribution in [0.15, 0.2) is 0 Å². The van der Waals surface area contributed by atoms with E-state index >= 15 is 0 Å². The second-order valence-electron chi connectivity index (χ2n) is 6.38. The molecule has 1 amide bonds. The molecule has 148 valence electrons. The predicted molar refractivity (Wildman–Crippen MR) is 108 cm³/mol. The third-order valence-corrected chi connectivity index (χ3v) is 4.98. The van der Waals surface area contributed by atoms with Gasteiger partial charge in [0.15, 0.2) is 0 Å². The molecule has 1 N–H and O–H groups in total. The lowest BCUT2D eigenvalue weighted by Gasteiger charge is -2.16. The van der Waals surface area contributed by atoms with Crippen molar-refractivity contribution in [1.29, 1.82) is 0 Å². The fourth-order valence-corrected chi connectivity index (χ4v) is 3.13. The Morgan fingerprint density at radius 2 is 1.56 bits per heavy atom. The summed E-state index contributed by atoms with van der Waals surface area (Å²) in [6.07, 6.45) is 15.0. The number of amides is 1. The summed E-state index contributed by atoms with van der Waals surface area (Å²) < 4.78 is 5.31. The number of ether oxygens (including phenoxy) is 1. The van der Waals surface area contributed by atoms with Crippen LogP contribution in [0.1, 0.15) is 77.6 Å². The third-order valence-electron chi connectivity index (χ3n) is 4.09. The lowest BCUT2D eigenvalue weighted by Crippen LogP contribution is -2.43. The zero-order chi connectivity index (χ0) is 18.8. The fraction of sp³-hybridized carbons (Fsp3) is 0.895. The summed E-state index contributed by atoms with van der Waals surface area (Å²) >= 11 is 7.12. The number of halogens is 1. The first-order chi connectivity index (χ1) is 12.2. The molecular formula is C19H36ClNO3S. The van der Waals surface area contributed by atoms with Crippen LogP contribution >= 0.6 is 23.4 Å². The lowest BCUT2D eigenvalue weighted by molar-refractivity contribution is -0.147. The van der Waals surface area contributed by atoms with E-state index < -0.39 is 6.04 Å². The smallest absolute Gasteiger partial charge is 0.328 e. The van der Waals surface area contributed by atoms with Gasteiger partial charge in [0.05, 0.1) is 6.61 Å². The van der Waals surface area contributed by atoms with E-state index in [1.165, 1.54) is 51.4 Å². The quantitative estimate of drug-likeness (QED) is 0.216. The Bertz CT molecular complexity index is 343. The van der Waals surface area contributed by atoms with Crippen LogP contribution in [0.4, 0.5) is 0 Å². The van der Waals surface area contributed by atoms with Crippen LogP contribution in [0, 0.1) is 0 Å². The molecule has 0 aromatic heterocycles. The van der Waals surface area contributed by atoms with Crippen LogP contribution in [0.3, 0.4) is 0 Å². The summed E-state index contributed by atoms with van der Waals surface area (Å²) in [6, 6.07) is -0.582. The number of nitrogens with one attached hydrogen (secondary N) is 1. The molecule has 0 heterocycles. The van der Waals surface area contributed by atoms with Gasteiger partial charge in [0.2, 0.25) is 5.91 Å². The van der Waals surface area contributed by atoms with Gasteiger partial charge in [-0.1, -0.05) is 64.7 Å². The maximum Gasteiger partial charge on any atom is 0.328 e. The molecule has 0 spiro atoms. The molecule has 0 radical (unpaired) electrons. The first-order valence-corrected chi connectivity index (χ1v) is 11.6. The van der Waals surface area contributed by atoms with Crippen LogP contribution in [0.5, 0.6) is 0 Å². The monoisotopic (exact) mass is 393 g/mol. The number of thioether (sulfide) groups is 1. The number of esters is 1. The topological polar surface area (TPSA) is 55.4 Å². The molecule has 0 aliphatic rings. The van der Waals surface area contributed by atoms with Crippen molar-refractivity contribution in [3.8, 4) is 0 Å². The maximum absolute atomic E-state index is 12.1. The Morgan fingerprint density at radius 1 is 1.00 bits per heavy atom. The molecule has 0 unspecified atom stereocenters. The molecule has 1 atom stereocenters. The minimum atomic E-state index is -0.582. The van der Waals surface area contributed by atoms with E-state index in [-0.39, 0.29) is 17.8 Å². The lowest BCUT2D eigenvalue weighted by atomic mass is 10.1. The van der Waals surface area contributed by atoms with Gasteiger partial charge in [-0.05, 0) is 24.9 Å². The van der Waals surface area contributed by atoms with Gasteiger partial charge >= 0.3 is 5.97 Å². The zero-order valence-electron chi connectivity index (χ0n) is 16.0. The van der Waals surface area contributed by atoms with Gasteiger partial charge in [0.25, 0.3) is 0 Å². The highest BCUT2D eigenvalue weighted by Crippen LogP contribution is 2.11. The van der Waals surface area contributed by atoms with Crippen LogP contribution in [-0.4, -0.2) is 42.4 Å². The second kappa shape index (κ2) is 18.4.